The molecular formula is C29H21Cl3F5N5O4S. The molecule has 5 rings (SSSR count). The van der Waals surface area contributed by atoms with Gasteiger partial charge >= 0.3 is 17.6 Å². The highest BCUT2D eigenvalue weighted by atomic mass is 35.5. The molecule has 1 saturated heterocycles. The molecule has 0 bridgehead atoms. The Morgan fingerprint density at radius 2 is 1.79 bits per heavy atom. The lowest BCUT2D eigenvalue weighted by atomic mass is 10.0. The van der Waals surface area contributed by atoms with E-state index in [0.717, 1.165) is 15.9 Å². The minimum absolute atomic E-state index is 0.00191. The Balaban J connectivity index is 1.55. The van der Waals surface area contributed by atoms with Gasteiger partial charge in [0.1, 0.15) is 23.6 Å². The fourth-order valence-corrected chi connectivity index (χ4v) is 7.20. The predicted octanol–water partition coefficient (Wildman–Crippen LogP) is 7.63. The first kappa shape index (κ1) is 34.6. The number of nitrogens with one attached hydrogen (secondary N) is 1. The molecule has 0 aliphatic carbocycles. The Kier molecular flexibility index (Phi) is 9.62. The number of carbonyl (C=O) groups excluding carboxylic acids is 2. The normalized spacial score (nSPS) is 16.8. The molecule has 18 heteroatoms. The number of carbonyl (C=O) groups is 2. The number of halogens is 8. The summed E-state index contributed by atoms with van der Waals surface area (Å²) in [6.45, 7) is -1.90. The zero-order valence-electron chi connectivity index (χ0n) is 23.7. The predicted molar refractivity (Wildman–Crippen MR) is 163 cm³/mol. The van der Waals surface area contributed by atoms with E-state index in [1.807, 2.05) is 11.1 Å². The van der Waals surface area contributed by atoms with Gasteiger partial charge in [-0.3, -0.25) is 14.5 Å². The van der Waals surface area contributed by atoms with Crippen LogP contribution in [0.25, 0.3) is 0 Å². The average molecular weight is 737 g/mol. The standard InChI is InChI=1S/C29H21Cl3F5N5O4S/c30-16-3-1-4-17(31)24(16)47-21-11-22(29(32,36)37)39-25(44)23(21)26(45)42-12-14-9-19(20(43)10-15(14)18(42)5-6-38)41-8-2-7-40(27(41)46)13-28(33,34)35/h1,3-4,9-11,18,43H,2,5,7-8,12-13H2,(H,39,44)/t18-/m1/s1. The van der Waals surface area contributed by atoms with E-state index in [4.69, 9.17) is 34.8 Å². The maximum absolute atomic E-state index is 14.1. The summed E-state index contributed by atoms with van der Waals surface area (Å²) in [5.41, 5.74) is -2.33. The third kappa shape index (κ3) is 7.11. The molecule has 3 heterocycles. The third-order valence-corrected chi connectivity index (χ3v) is 9.72. The molecule has 2 aliphatic heterocycles. The molecule has 0 spiro atoms. The number of urea groups is 1. The lowest BCUT2D eigenvalue weighted by Crippen LogP contribution is -2.52. The SMILES string of the molecule is N#CC[C@@H]1c2cc(O)c(N3CCCN(CC(F)(F)F)C3=O)cc2CN1C(=O)c1c(Sc2c(Cl)cccc2Cl)cc(C(F)(F)Cl)[nH]c1=O. The van der Waals surface area contributed by atoms with Crippen molar-refractivity contribution < 1.29 is 36.6 Å². The van der Waals surface area contributed by atoms with Crippen molar-refractivity contribution in [3.05, 3.63) is 79.2 Å². The van der Waals surface area contributed by atoms with Crippen LogP contribution in [0.5, 0.6) is 5.75 Å². The van der Waals surface area contributed by atoms with E-state index < -0.39 is 58.6 Å². The van der Waals surface area contributed by atoms with Gasteiger partial charge in [-0.05, 0) is 59.5 Å². The van der Waals surface area contributed by atoms with Gasteiger partial charge in [-0.15, -0.1) is 0 Å². The minimum atomic E-state index is -4.64. The number of anilines is 1. The van der Waals surface area contributed by atoms with Gasteiger partial charge in [-0.1, -0.05) is 41.0 Å². The Bertz CT molecular complexity index is 1840. The second-order valence-electron chi connectivity index (χ2n) is 10.6. The lowest BCUT2D eigenvalue weighted by Gasteiger charge is -2.36. The van der Waals surface area contributed by atoms with Crippen LogP contribution in [0, 0.1) is 11.3 Å². The van der Waals surface area contributed by atoms with Crippen LogP contribution in [0.1, 0.15) is 46.1 Å². The number of fused-ring (bicyclic) bond motifs is 1. The maximum Gasteiger partial charge on any atom is 0.406 e. The first-order valence-electron chi connectivity index (χ1n) is 13.6. The van der Waals surface area contributed by atoms with Gasteiger partial charge in [0.2, 0.25) is 0 Å². The maximum atomic E-state index is 14.1. The number of alkyl halides is 6. The fraction of sp³-hybridized carbons (Fsp3) is 0.310. The van der Waals surface area contributed by atoms with Crippen molar-refractivity contribution in [3.63, 3.8) is 0 Å². The van der Waals surface area contributed by atoms with Gasteiger partial charge in [0.15, 0.2) is 0 Å². The number of nitrogens with zero attached hydrogens (tertiary/aromatic N) is 4. The van der Waals surface area contributed by atoms with Crippen molar-refractivity contribution in [3.8, 4) is 11.8 Å². The summed E-state index contributed by atoms with van der Waals surface area (Å²) >= 11 is 18.4. The van der Waals surface area contributed by atoms with Gasteiger partial charge in [-0.2, -0.15) is 27.2 Å². The zero-order valence-corrected chi connectivity index (χ0v) is 26.8. The quantitative estimate of drug-likeness (QED) is 0.190. The molecule has 1 fully saturated rings. The number of pyridine rings is 1. The number of benzene rings is 2. The molecule has 1 aromatic heterocycles. The van der Waals surface area contributed by atoms with Crippen molar-refractivity contribution in [2.75, 3.05) is 24.5 Å². The smallest absolute Gasteiger partial charge is 0.406 e. The van der Waals surface area contributed by atoms with Gasteiger partial charge < -0.3 is 19.9 Å². The van der Waals surface area contributed by atoms with Crippen molar-refractivity contribution in [2.45, 2.75) is 46.8 Å². The van der Waals surface area contributed by atoms with E-state index in [9.17, 15) is 46.7 Å². The number of rotatable bonds is 7. The number of amides is 3. The number of phenols is 1. The molecule has 2 aliphatic rings. The highest BCUT2D eigenvalue weighted by molar-refractivity contribution is 7.99. The molecule has 1 atom stereocenters. The summed E-state index contributed by atoms with van der Waals surface area (Å²) in [7, 11) is 0. The zero-order chi connectivity index (χ0) is 34.4. The fourth-order valence-electron chi connectivity index (χ4n) is 5.45. The van der Waals surface area contributed by atoms with Crippen LogP contribution in [0.2, 0.25) is 10.0 Å². The van der Waals surface area contributed by atoms with Crippen LogP contribution in [0.15, 0.2) is 51.0 Å². The summed E-state index contributed by atoms with van der Waals surface area (Å²) in [5.74, 6) is -1.47. The summed E-state index contributed by atoms with van der Waals surface area (Å²) in [6, 6.07) is 7.71. The molecule has 0 saturated carbocycles. The van der Waals surface area contributed by atoms with Crippen LogP contribution >= 0.6 is 46.6 Å². The number of aromatic hydroxyl groups is 1. The van der Waals surface area contributed by atoms with Crippen molar-refractivity contribution in [2.24, 2.45) is 0 Å². The highest BCUT2D eigenvalue weighted by Crippen LogP contribution is 2.45. The second kappa shape index (κ2) is 13.1. The van der Waals surface area contributed by atoms with Gasteiger partial charge in [-0.25, -0.2) is 4.79 Å². The summed E-state index contributed by atoms with van der Waals surface area (Å²) in [6.07, 6.45) is -4.79. The van der Waals surface area contributed by atoms with Crippen LogP contribution < -0.4 is 10.5 Å². The van der Waals surface area contributed by atoms with E-state index in [1.54, 1.807) is 0 Å². The molecular weight excluding hydrogens is 716 g/mol. The topological polar surface area (TPSA) is 121 Å². The Morgan fingerprint density at radius 3 is 2.40 bits per heavy atom. The van der Waals surface area contributed by atoms with Crippen LogP contribution in [-0.4, -0.2) is 57.6 Å². The molecule has 2 N–H and O–H groups in total. The van der Waals surface area contributed by atoms with Gasteiger partial charge in [0.05, 0.1) is 34.3 Å². The lowest BCUT2D eigenvalue weighted by molar-refractivity contribution is -0.140. The molecule has 2 aromatic carbocycles. The van der Waals surface area contributed by atoms with Crippen molar-refractivity contribution >= 4 is 64.2 Å². The third-order valence-electron chi connectivity index (χ3n) is 7.48. The van der Waals surface area contributed by atoms with Gasteiger partial charge in [0, 0.05) is 29.4 Å². The van der Waals surface area contributed by atoms with E-state index >= 15 is 0 Å². The van der Waals surface area contributed by atoms with E-state index in [0.29, 0.717) is 22.2 Å². The molecule has 0 unspecified atom stereocenters. The molecule has 9 nitrogen and oxygen atoms in total. The van der Waals surface area contributed by atoms with E-state index in [-0.39, 0.29) is 63.6 Å². The van der Waals surface area contributed by atoms with Crippen molar-refractivity contribution in [1.29, 1.82) is 5.26 Å². The molecule has 3 aromatic rings. The molecule has 3 amide bonds. The number of nitriles is 1. The Hall–Kier alpha value is -3.71. The summed E-state index contributed by atoms with van der Waals surface area (Å²) < 4.78 is 67.5. The summed E-state index contributed by atoms with van der Waals surface area (Å²) in [4.78, 5) is 44.9. The molecule has 0 radical (unpaired) electrons. The average Bonchev–Trinajstić information content (AvgIpc) is 3.31. The number of phenolic OH excluding ortho intramolecular Hbond substituents is 1. The number of aromatic nitrogens is 1. The largest absolute Gasteiger partial charge is 0.506 e. The van der Waals surface area contributed by atoms with Crippen LogP contribution in [0.4, 0.5) is 32.4 Å². The first-order chi connectivity index (χ1) is 22.0. The highest BCUT2D eigenvalue weighted by Gasteiger charge is 2.41. The molecule has 248 valence electrons. The Labute approximate surface area is 282 Å². The molecule has 47 heavy (non-hydrogen) atoms. The number of H-pyrrole nitrogens is 1. The summed E-state index contributed by atoms with van der Waals surface area (Å²) in [5, 5.41) is 16.7. The van der Waals surface area contributed by atoms with E-state index in [2.05, 4.69) is 0 Å². The second-order valence-corrected chi connectivity index (χ2v) is 12.9. The van der Waals surface area contributed by atoms with Crippen LogP contribution in [-0.2, 0) is 11.9 Å². The Morgan fingerprint density at radius 1 is 1.11 bits per heavy atom. The number of hydrogen-bond donors (Lipinski definition) is 2. The number of hydrogen-bond acceptors (Lipinski definition) is 6. The first-order valence-corrected chi connectivity index (χ1v) is 15.6. The van der Waals surface area contributed by atoms with Gasteiger partial charge in [0.25, 0.3) is 11.5 Å². The van der Waals surface area contributed by atoms with Crippen molar-refractivity contribution in [1.82, 2.24) is 14.8 Å². The van der Waals surface area contributed by atoms with E-state index in [1.165, 1.54) is 30.3 Å². The monoisotopic (exact) mass is 735 g/mol. The minimum Gasteiger partial charge on any atom is -0.506 e. The number of aromatic amines is 1. The van der Waals surface area contributed by atoms with Crippen LogP contribution in [0.3, 0.4) is 0 Å².